The Kier molecular flexibility index (Phi) is 4.95. The Morgan fingerprint density at radius 1 is 1.26 bits per heavy atom. The maximum absolute atomic E-state index is 12.2. The number of ether oxygens (including phenoxy) is 1. The highest BCUT2D eigenvalue weighted by Gasteiger charge is 2.39. The van der Waals surface area contributed by atoms with E-state index in [9.17, 15) is 18.0 Å². The van der Waals surface area contributed by atoms with E-state index in [0.29, 0.717) is 6.42 Å². The smallest absolute Gasteiger partial charge is 0.328 e. The van der Waals surface area contributed by atoms with Crippen molar-refractivity contribution >= 4 is 21.7 Å². The molecule has 2 atom stereocenters. The summed E-state index contributed by atoms with van der Waals surface area (Å²) in [6.45, 7) is 5.02. The second kappa shape index (κ2) is 5.90. The topological polar surface area (TPSA) is 80.8 Å². The number of esters is 1. The average Bonchev–Trinajstić information content (AvgIpc) is 2.68. The third-order valence-electron chi connectivity index (χ3n) is 3.31. The Morgan fingerprint density at radius 2 is 1.84 bits per heavy atom. The van der Waals surface area contributed by atoms with Gasteiger partial charge in [-0.1, -0.05) is 13.8 Å². The highest BCUT2D eigenvalue weighted by molar-refractivity contribution is 7.91. The average molecular weight is 291 g/mol. The first-order chi connectivity index (χ1) is 8.69. The molecule has 1 heterocycles. The minimum atomic E-state index is -3.11. The molecule has 0 spiro atoms. The van der Waals surface area contributed by atoms with Crippen LogP contribution < -0.4 is 0 Å². The predicted octanol–water partition coefficient (Wildman–Crippen LogP) is 0.220. The first-order valence-electron chi connectivity index (χ1n) is 6.30. The first kappa shape index (κ1) is 15.9. The van der Waals surface area contributed by atoms with Gasteiger partial charge in [0, 0.05) is 12.0 Å². The summed E-state index contributed by atoms with van der Waals surface area (Å²) in [7, 11) is -1.86. The molecule has 0 aliphatic carbocycles. The number of nitrogens with zero attached hydrogens (tertiary/aromatic N) is 1. The molecule has 6 nitrogen and oxygen atoms in total. The van der Waals surface area contributed by atoms with Crippen LogP contribution in [0.15, 0.2) is 0 Å². The lowest BCUT2D eigenvalue weighted by molar-refractivity contribution is -0.155. The molecule has 0 aromatic heterocycles. The summed E-state index contributed by atoms with van der Waals surface area (Å²) in [6, 6.07) is -1.20. The molecule has 0 bridgehead atoms. The van der Waals surface area contributed by atoms with Gasteiger partial charge < -0.3 is 9.64 Å². The summed E-state index contributed by atoms with van der Waals surface area (Å²) >= 11 is 0. The fourth-order valence-electron chi connectivity index (χ4n) is 2.26. The molecule has 7 heteroatoms. The van der Waals surface area contributed by atoms with Crippen molar-refractivity contribution < 1.29 is 22.7 Å². The summed E-state index contributed by atoms with van der Waals surface area (Å²) in [6.07, 6.45) is 0.377. The zero-order valence-corrected chi connectivity index (χ0v) is 12.6. The summed E-state index contributed by atoms with van der Waals surface area (Å²) in [4.78, 5) is 25.2. The Labute approximate surface area is 114 Å². The van der Waals surface area contributed by atoms with E-state index in [1.165, 1.54) is 12.0 Å². The van der Waals surface area contributed by atoms with Crippen LogP contribution in [0.25, 0.3) is 0 Å². The van der Waals surface area contributed by atoms with E-state index in [0.717, 1.165) is 0 Å². The van der Waals surface area contributed by atoms with Gasteiger partial charge in [-0.15, -0.1) is 0 Å². The lowest BCUT2D eigenvalue weighted by atomic mass is 10.1. The van der Waals surface area contributed by atoms with Crippen LogP contribution >= 0.6 is 0 Å². The van der Waals surface area contributed by atoms with Crippen molar-refractivity contribution in [1.29, 1.82) is 0 Å². The van der Waals surface area contributed by atoms with Crippen molar-refractivity contribution in [2.45, 2.75) is 39.3 Å². The quantitative estimate of drug-likeness (QED) is 0.692. The first-order valence-corrected chi connectivity index (χ1v) is 8.12. The van der Waals surface area contributed by atoms with Gasteiger partial charge in [-0.2, -0.15) is 0 Å². The minimum absolute atomic E-state index is 0.0629. The summed E-state index contributed by atoms with van der Waals surface area (Å²) in [5.74, 6) is -1.06. The Hall–Kier alpha value is -1.11. The maximum atomic E-state index is 12.2. The number of methoxy groups -OCH3 is 1. The number of rotatable bonds is 4. The van der Waals surface area contributed by atoms with E-state index in [4.69, 9.17) is 0 Å². The molecular weight excluding hydrogens is 270 g/mol. The van der Waals surface area contributed by atoms with Crippen LogP contribution in [0, 0.1) is 5.92 Å². The van der Waals surface area contributed by atoms with Gasteiger partial charge in [0.25, 0.3) is 0 Å². The van der Waals surface area contributed by atoms with Gasteiger partial charge in [0.2, 0.25) is 5.91 Å². The predicted molar refractivity (Wildman–Crippen MR) is 70.2 cm³/mol. The van der Waals surface area contributed by atoms with Crippen LogP contribution in [0.4, 0.5) is 0 Å². The molecule has 0 saturated carbocycles. The number of hydrogen-bond donors (Lipinski definition) is 0. The Bertz CT molecular complexity index is 457. The summed E-state index contributed by atoms with van der Waals surface area (Å²) in [5.41, 5.74) is 0. The van der Waals surface area contributed by atoms with Crippen molar-refractivity contribution in [3.8, 4) is 0 Å². The molecule has 0 unspecified atom stereocenters. The van der Waals surface area contributed by atoms with Gasteiger partial charge in [-0.25, -0.2) is 13.2 Å². The SMILES string of the molecule is COC(=O)[C@@H](C)N(C(=O)C(C)C)[C@@H]1CCS(=O)(=O)C1. The highest BCUT2D eigenvalue weighted by Crippen LogP contribution is 2.22. The zero-order chi connectivity index (χ0) is 14.8. The van der Waals surface area contributed by atoms with Crippen LogP contribution in [0.3, 0.4) is 0 Å². The molecule has 1 saturated heterocycles. The van der Waals surface area contributed by atoms with Gasteiger partial charge in [0.1, 0.15) is 6.04 Å². The van der Waals surface area contributed by atoms with Crippen LogP contribution in [-0.2, 0) is 24.2 Å². The number of carbonyl (C=O) groups is 2. The van der Waals surface area contributed by atoms with Gasteiger partial charge in [-0.05, 0) is 13.3 Å². The number of carbonyl (C=O) groups excluding carboxylic acids is 2. The monoisotopic (exact) mass is 291 g/mol. The lowest BCUT2D eigenvalue weighted by Gasteiger charge is -2.33. The molecule has 1 amide bonds. The van der Waals surface area contributed by atoms with E-state index in [1.807, 2.05) is 0 Å². The van der Waals surface area contributed by atoms with Crippen LogP contribution in [0.5, 0.6) is 0 Å². The second-order valence-corrected chi connectivity index (χ2v) is 7.38. The van der Waals surface area contributed by atoms with Gasteiger partial charge in [-0.3, -0.25) is 4.79 Å². The maximum Gasteiger partial charge on any atom is 0.328 e. The molecule has 1 fully saturated rings. The highest BCUT2D eigenvalue weighted by atomic mass is 32.2. The largest absolute Gasteiger partial charge is 0.467 e. The van der Waals surface area contributed by atoms with Crippen LogP contribution in [0.2, 0.25) is 0 Å². The van der Waals surface area contributed by atoms with Crippen molar-refractivity contribution in [2.24, 2.45) is 5.92 Å². The van der Waals surface area contributed by atoms with Gasteiger partial charge >= 0.3 is 5.97 Å². The molecule has 0 aromatic rings. The molecular formula is C12H21NO5S. The van der Waals surface area contributed by atoms with Crippen molar-refractivity contribution in [1.82, 2.24) is 4.90 Å². The molecule has 19 heavy (non-hydrogen) atoms. The molecule has 0 radical (unpaired) electrons. The zero-order valence-electron chi connectivity index (χ0n) is 11.8. The number of sulfone groups is 1. The van der Waals surface area contributed by atoms with Crippen molar-refractivity contribution in [3.05, 3.63) is 0 Å². The third-order valence-corrected chi connectivity index (χ3v) is 5.06. The summed E-state index contributed by atoms with van der Waals surface area (Å²) in [5, 5.41) is 0. The molecule has 1 rings (SSSR count). The molecule has 110 valence electrons. The Morgan fingerprint density at radius 3 is 2.21 bits per heavy atom. The second-order valence-electron chi connectivity index (χ2n) is 5.16. The van der Waals surface area contributed by atoms with Crippen LogP contribution in [0.1, 0.15) is 27.2 Å². The van der Waals surface area contributed by atoms with Gasteiger partial charge in [0.15, 0.2) is 9.84 Å². The fourth-order valence-corrected chi connectivity index (χ4v) is 3.98. The van der Waals surface area contributed by atoms with Crippen LogP contribution in [-0.4, -0.2) is 55.9 Å². The molecule has 0 N–H and O–H groups in total. The van der Waals surface area contributed by atoms with E-state index in [1.54, 1.807) is 20.8 Å². The van der Waals surface area contributed by atoms with Crippen molar-refractivity contribution in [3.63, 3.8) is 0 Å². The van der Waals surface area contributed by atoms with E-state index in [2.05, 4.69) is 4.74 Å². The van der Waals surface area contributed by atoms with E-state index >= 15 is 0 Å². The molecule has 0 aromatic carbocycles. The standard InChI is InChI=1S/C12H21NO5S/c1-8(2)11(14)13(9(3)12(15)18-4)10-5-6-19(16,17)7-10/h8-10H,5-7H2,1-4H3/t9-,10-/m1/s1. The van der Waals surface area contributed by atoms with Gasteiger partial charge in [0.05, 0.1) is 18.6 Å². The molecule has 1 aliphatic heterocycles. The number of hydrogen-bond acceptors (Lipinski definition) is 5. The van der Waals surface area contributed by atoms with E-state index in [-0.39, 0.29) is 23.3 Å². The lowest BCUT2D eigenvalue weighted by Crippen LogP contribution is -2.51. The van der Waals surface area contributed by atoms with E-state index < -0.39 is 27.9 Å². The third kappa shape index (κ3) is 3.68. The minimum Gasteiger partial charge on any atom is -0.467 e. The summed E-state index contributed by atoms with van der Waals surface area (Å²) < 4.78 is 27.7. The number of amides is 1. The molecule has 1 aliphatic rings. The fraction of sp³-hybridized carbons (Fsp3) is 0.833. The Balaban J connectivity index is 3.00. The normalized spacial score (nSPS) is 23.1. The van der Waals surface area contributed by atoms with Crippen molar-refractivity contribution in [2.75, 3.05) is 18.6 Å².